The standard InChI is InChI=1S/C23H28N4O4/c1-26-9-6-16-2-4-19(12-18(16)14-26)31-15-23(22(29)30)7-10-27(11-8-23)21(28)17-3-5-20(24)25-13-17/h2-5,12-13H,6-11,14-15H2,1H3,(H2,24,25)(H,29,30). The molecule has 1 amide bonds. The zero-order chi connectivity index (χ0) is 22.0. The van der Waals surface area contributed by atoms with Crippen molar-refractivity contribution in [3.05, 3.63) is 53.2 Å². The summed E-state index contributed by atoms with van der Waals surface area (Å²) < 4.78 is 5.98. The third-order valence-electron chi connectivity index (χ3n) is 6.39. The molecule has 0 bridgehead atoms. The molecule has 1 aromatic heterocycles. The Bertz CT molecular complexity index is 968. The number of amides is 1. The summed E-state index contributed by atoms with van der Waals surface area (Å²) >= 11 is 0. The maximum atomic E-state index is 12.7. The summed E-state index contributed by atoms with van der Waals surface area (Å²) in [6, 6.07) is 9.25. The van der Waals surface area contributed by atoms with Crippen LogP contribution in [-0.2, 0) is 17.8 Å². The number of hydrogen-bond donors (Lipinski definition) is 2. The van der Waals surface area contributed by atoms with Crippen molar-refractivity contribution in [3.63, 3.8) is 0 Å². The topological polar surface area (TPSA) is 109 Å². The van der Waals surface area contributed by atoms with Gasteiger partial charge in [-0.1, -0.05) is 6.07 Å². The molecular weight excluding hydrogens is 396 g/mol. The molecule has 1 fully saturated rings. The highest BCUT2D eigenvalue weighted by Gasteiger charge is 2.43. The van der Waals surface area contributed by atoms with E-state index in [0.29, 0.717) is 43.1 Å². The largest absolute Gasteiger partial charge is 0.492 e. The van der Waals surface area contributed by atoms with Gasteiger partial charge in [0.05, 0.1) is 5.56 Å². The van der Waals surface area contributed by atoms with Crippen LogP contribution in [0.5, 0.6) is 5.75 Å². The summed E-state index contributed by atoms with van der Waals surface area (Å²) in [4.78, 5) is 32.7. The third kappa shape index (κ3) is 4.49. The van der Waals surface area contributed by atoms with Crippen molar-refractivity contribution in [1.82, 2.24) is 14.8 Å². The number of pyridine rings is 1. The molecule has 2 aromatic rings. The van der Waals surface area contributed by atoms with Crippen molar-refractivity contribution < 1.29 is 19.4 Å². The number of likely N-dealkylation sites (N-methyl/N-ethyl adjacent to an activating group) is 1. The van der Waals surface area contributed by atoms with Gasteiger partial charge in [-0.15, -0.1) is 0 Å². The summed E-state index contributed by atoms with van der Waals surface area (Å²) in [5, 5.41) is 9.95. The number of likely N-dealkylation sites (tertiary alicyclic amines) is 1. The molecule has 1 saturated heterocycles. The lowest BCUT2D eigenvalue weighted by atomic mass is 9.79. The van der Waals surface area contributed by atoms with Crippen LogP contribution < -0.4 is 10.5 Å². The minimum absolute atomic E-state index is 0.0857. The molecule has 8 heteroatoms. The number of ether oxygens (including phenoxy) is 1. The van der Waals surface area contributed by atoms with Crippen molar-refractivity contribution in [2.45, 2.75) is 25.8 Å². The van der Waals surface area contributed by atoms with Crippen molar-refractivity contribution in [2.75, 3.05) is 39.0 Å². The highest BCUT2D eigenvalue weighted by Crippen LogP contribution is 2.34. The van der Waals surface area contributed by atoms with E-state index < -0.39 is 11.4 Å². The van der Waals surface area contributed by atoms with Crippen LogP contribution in [0.2, 0.25) is 0 Å². The van der Waals surface area contributed by atoms with Gasteiger partial charge in [-0.05, 0) is 61.7 Å². The number of aliphatic carboxylic acids is 1. The van der Waals surface area contributed by atoms with Gasteiger partial charge in [-0.25, -0.2) is 4.98 Å². The maximum absolute atomic E-state index is 12.7. The Labute approximate surface area is 181 Å². The molecule has 0 saturated carbocycles. The Morgan fingerprint density at radius 2 is 1.94 bits per heavy atom. The number of benzene rings is 1. The summed E-state index contributed by atoms with van der Waals surface area (Å²) in [6.07, 6.45) is 3.14. The highest BCUT2D eigenvalue weighted by molar-refractivity contribution is 5.94. The average molecular weight is 425 g/mol. The summed E-state index contributed by atoms with van der Waals surface area (Å²) in [7, 11) is 2.09. The van der Waals surface area contributed by atoms with Gasteiger partial charge in [-0.3, -0.25) is 9.59 Å². The maximum Gasteiger partial charge on any atom is 0.313 e. The van der Waals surface area contributed by atoms with Gasteiger partial charge in [0.15, 0.2) is 0 Å². The Morgan fingerprint density at radius 3 is 2.61 bits per heavy atom. The Morgan fingerprint density at radius 1 is 1.16 bits per heavy atom. The Kier molecular flexibility index (Phi) is 5.82. The van der Waals surface area contributed by atoms with Crippen LogP contribution in [0.25, 0.3) is 0 Å². The molecule has 0 radical (unpaired) electrons. The van der Waals surface area contributed by atoms with Gasteiger partial charge in [0.2, 0.25) is 0 Å². The second-order valence-corrected chi connectivity index (χ2v) is 8.56. The Hall–Kier alpha value is -3.13. The molecule has 4 rings (SSSR count). The lowest BCUT2D eigenvalue weighted by molar-refractivity contribution is -0.154. The van der Waals surface area contributed by atoms with E-state index in [9.17, 15) is 14.7 Å². The first-order valence-electron chi connectivity index (χ1n) is 10.5. The van der Waals surface area contributed by atoms with Gasteiger partial charge in [0, 0.05) is 32.4 Å². The van der Waals surface area contributed by atoms with E-state index in [1.807, 2.05) is 12.1 Å². The number of nitrogen functional groups attached to an aromatic ring is 1. The molecule has 2 aliphatic rings. The number of nitrogens with zero attached hydrogens (tertiary/aromatic N) is 3. The van der Waals surface area contributed by atoms with E-state index in [1.165, 1.54) is 17.3 Å². The zero-order valence-electron chi connectivity index (χ0n) is 17.7. The molecule has 1 aromatic carbocycles. The third-order valence-corrected chi connectivity index (χ3v) is 6.39. The number of fused-ring (bicyclic) bond motifs is 1. The number of hydrogen-bond acceptors (Lipinski definition) is 6. The molecule has 3 N–H and O–H groups in total. The fraction of sp³-hybridized carbons (Fsp3) is 0.435. The fourth-order valence-electron chi connectivity index (χ4n) is 4.26. The van der Waals surface area contributed by atoms with E-state index in [4.69, 9.17) is 10.5 Å². The monoisotopic (exact) mass is 424 g/mol. The van der Waals surface area contributed by atoms with Gasteiger partial charge in [0.1, 0.15) is 23.6 Å². The van der Waals surface area contributed by atoms with E-state index in [0.717, 1.165) is 19.5 Å². The number of aromatic nitrogens is 1. The molecule has 0 aliphatic carbocycles. The molecule has 3 heterocycles. The van der Waals surface area contributed by atoms with Gasteiger partial charge in [-0.2, -0.15) is 0 Å². The summed E-state index contributed by atoms with van der Waals surface area (Å²) in [5.74, 6) is 0.00449. The quantitative estimate of drug-likeness (QED) is 0.756. The van der Waals surface area contributed by atoms with E-state index in [2.05, 4.69) is 23.0 Å². The zero-order valence-corrected chi connectivity index (χ0v) is 17.7. The minimum Gasteiger partial charge on any atom is -0.492 e. The molecular formula is C23H28N4O4. The van der Waals surface area contributed by atoms with Gasteiger partial charge in [0.25, 0.3) is 5.91 Å². The number of carboxylic acids is 1. The van der Waals surface area contributed by atoms with Crippen molar-refractivity contribution in [1.29, 1.82) is 0 Å². The first-order chi connectivity index (χ1) is 14.9. The number of nitrogens with two attached hydrogens (primary N) is 1. The molecule has 0 unspecified atom stereocenters. The average Bonchev–Trinajstić information content (AvgIpc) is 2.77. The molecule has 0 atom stereocenters. The predicted octanol–water partition coefficient (Wildman–Crippen LogP) is 2.04. The number of carboxylic acid groups (broad SMARTS) is 1. The second-order valence-electron chi connectivity index (χ2n) is 8.56. The SMILES string of the molecule is CN1CCc2ccc(OCC3(C(=O)O)CCN(C(=O)c4ccc(N)nc4)CC3)cc2C1. The highest BCUT2D eigenvalue weighted by atomic mass is 16.5. The Balaban J connectivity index is 1.40. The molecule has 2 aliphatic heterocycles. The van der Waals surface area contributed by atoms with Crippen LogP contribution in [0.4, 0.5) is 5.82 Å². The molecule has 164 valence electrons. The van der Waals surface area contributed by atoms with Crippen LogP contribution in [0.15, 0.2) is 36.5 Å². The second kappa shape index (κ2) is 8.55. The van der Waals surface area contributed by atoms with E-state index in [1.54, 1.807) is 17.0 Å². The van der Waals surface area contributed by atoms with Crippen molar-refractivity contribution in [3.8, 4) is 5.75 Å². The normalized spacial score (nSPS) is 18.3. The predicted molar refractivity (Wildman–Crippen MR) is 116 cm³/mol. The van der Waals surface area contributed by atoms with Crippen LogP contribution >= 0.6 is 0 Å². The lowest BCUT2D eigenvalue weighted by Crippen LogP contribution is -2.49. The van der Waals surface area contributed by atoms with Crippen LogP contribution in [0, 0.1) is 5.41 Å². The van der Waals surface area contributed by atoms with Gasteiger partial charge < -0.3 is 25.4 Å². The lowest BCUT2D eigenvalue weighted by Gasteiger charge is -2.38. The number of rotatable bonds is 5. The van der Waals surface area contributed by atoms with Crippen molar-refractivity contribution in [2.24, 2.45) is 5.41 Å². The molecule has 31 heavy (non-hydrogen) atoms. The fourth-order valence-corrected chi connectivity index (χ4v) is 4.26. The summed E-state index contributed by atoms with van der Waals surface area (Å²) in [5.41, 5.74) is 7.57. The van der Waals surface area contributed by atoms with Crippen molar-refractivity contribution >= 4 is 17.7 Å². The van der Waals surface area contributed by atoms with Crippen LogP contribution in [0.3, 0.4) is 0 Å². The number of carbonyl (C=O) groups excluding carboxylic acids is 1. The first kappa shape index (κ1) is 21.1. The van der Waals surface area contributed by atoms with Crippen LogP contribution in [-0.4, -0.2) is 65.1 Å². The molecule has 8 nitrogen and oxygen atoms in total. The number of carbonyl (C=O) groups is 2. The van der Waals surface area contributed by atoms with Gasteiger partial charge >= 0.3 is 5.97 Å². The smallest absolute Gasteiger partial charge is 0.313 e. The van der Waals surface area contributed by atoms with Crippen LogP contribution in [0.1, 0.15) is 34.3 Å². The summed E-state index contributed by atoms with van der Waals surface area (Å²) in [6.45, 7) is 2.70. The first-order valence-corrected chi connectivity index (χ1v) is 10.5. The van der Waals surface area contributed by atoms with E-state index >= 15 is 0 Å². The minimum atomic E-state index is -1.01. The number of piperidine rings is 1. The number of anilines is 1. The van der Waals surface area contributed by atoms with E-state index in [-0.39, 0.29) is 12.5 Å². The molecule has 0 spiro atoms.